The van der Waals surface area contributed by atoms with Crippen molar-refractivity contribution in [3.8, 4) is 11.5 Å². The van der Waals surface area contributed by atoms with Gasteiger partial charge in [0.1, 0.15) is 0 Å². The van der Waals surface area contributed by atoms with Gasteiger partial charge in [0.05, 0.1) is 53.5 Å². The number of carbonyl (C=O) groups is 1. The standard InChI is InChI=1S/C33H30BrN3O5S2/c1-6-41-25-16-20(21(34)17-24(25)40-5)30-29(32(39)42-7-2)18(3)35-33-37(30)31(38)28(44-33)15-19-12-13-23-27(14-19)43-26-11-9-8-10-22(26)36(23)4/h8-17,30H,6-7H2,1-5H3/b28-15+/t30-/m1/s1. The van der Waals surface area contributed by atoms with Crippen molar-refractivity contribution in [1.82, 2.24) is 4.57 Å². The Labute approximate surface area is 271 Å². The monoisotopic (exact) mass is 691 g/mol. The van der Waals surface area contributed by atoms with Crippen molar-refractivity contribution in [3.63, 3.8) is 0 Å². The molecule has 4 aromatic rings. The van der Waals surface area contributed by atoms with Crippen LogP contribution < -0.4 is 29.3 Å². The number of rotatable bonds is 7. The van der Waals surface area contributed by atoms with Gasteiger partial charge in [-0.05, 0) is 74.4 Å². The maximum absolute atomic E-state index is 14.2. The predicted molar refractivity (Wildman–Crippen MR) is 177 cm³/mol. The molecule has 0 bridgehead atoms. The molecule has 0 saturated heterocycles. The van der Waals surface area contributed by atoms with Crippen LogP contribution in [0.4, 0.5) is 11.4 Å². The van der Waals surface area contributed by atoms with Gasteiger partial charge >= 0.3 is 5.97 Å². The van der Waals surface area contributed by atoms with E-state index >= 15 is 0 Å². The van der Waals surface area contributed by atoms with E-state index in [1.165, 1.54) is 16.2 Å². The number of nitrogens with zero attached hydrogens (tertiary/aromatic N) is 3. The lowest BCUT2D eigenvalue weighted by molar-refractivity contribution is -0.139. The Kier molecular flexibility index (Phi) is 8.45. The van der Waals surface area contributed by atoms with E-state index in [9.17, 15) is 9.59 Å². The Balaban J connectivity index is 1.51. The van der Waals surface area contributed by atoms with E-state index < -0.39 is 12.0 Å². The first-order chi connectivity index (χ1) is 21.2. The van der Waals surface area contributed by atoms with Crippen LogP contribution in [0.5, 0.6) is 11.5 Å². The molecular weight excluding hydrogens is 662 g/mol. The van der Waals surface area contributed by atoms with Crippen molar-refractivity contribution in [2.24, 2.45) is 4.99 Å². The number of hydrogen-bond donors (Lipinski definition) is 0. The minimum atomic E-state index is -0.795. The lowest BCUT2D eigenvalue weighted by Crippen LogP contribution is -2.40. The van der Waals surface area contributed by atoms with Crippen molar-refractivity contribution >= 4 is 62.4 Å². The van der Waals surface area contributed by atoms with E-state index in [2.05, 4.69) is 52.1 Å². The molecule has 0 radical (unpaired) electrons. The lowest BCUT2D eigenvalue weighted by atomic mass is 9.95. The number of carbonyl (C=O) groups excluding carboxylic acids is 1. The van der Waals surface area contributed by atoms with Crippen molar-refractivity contribution in [3.05, 3.63) is 101 Å². The SMILES string of the molecule is CCOC(=O)C1=C(C)N=c2s/c(=C/c3ccc4c(c3)Sc3ccccc3N4C)c(=O)n2[C@@H]1c1cc(OCC)c(OC)cc1Br. The zero-order valence-electron chi connectivity index (χ0n) is 24.8. The first kappa shape index (κ1) is 30.2. The number of ether oxygens (including phenoxy) is 3. The lowest BCUT2D eigenvalue weighted by Gasteiger charge is -2.29. The predicted octanol–water partition coefficient (Wildman–Crippen LogP) is 6.20. The largest absolute Gasteiger partial charge is 0.493 e. The van der Waals surface area contributed by atoms with Gasteiger partial charge in [-0.2, -0.15) is 0 Å². The molecule has 6 rings (SSSR count). The summed E-state index contributed by atoms with van der Waals surface area (Å²) in [5.41, 5.74) is 4.37. The zero-order chi connectivity index (χ0) is 31.1. The maximum Gasteiger partial charge on any atom is 0.338 e. The highest BCUT2D eigenvalue weighted by Crippen LogP contribution is 2.47. The number of hydrogen-bond acceptors (Lipinski definition) is 9. The number of anilines is 2. The Morgan fingerprint density at radius 2 is 1.82 bits per heavy atom. The van der Waals surface area contributed by atoms with Crippen LogP contribution >= 0.6 is 39.0 Å². The fraction of sp³-hybridized carbons (Fsp3) is 0.242. The second kappa shape index (κ2) is 12.3. The molecule has 0 saturated carbocycles. The molecule has 2 aliphatic rings. The van der Waals surface area contributed by atoms with Crippen LogP contribution in [0.3, 0.4) is 0 Å². The minimum absolute atomic E-state index is 0.191. The van der Waals surface area contributed by atoms with Crippen molar-refractivity contribution < 1.29 is 19.0 Å². The molecule has 0 amide bonds. The normalized spacial score (nSPS) is 15.7. The number of fused-ring (bicyclic) bond motifs is 3. The fourth-order valence-electron chi connectivity index (χ4n) is 5.47. The molecule has 1 aromatic heterocycles. The van der Waals surface area contributed by atoms with Gasteiger partial charge in [0.2, 0.25) is 0 Å². The quantitative estimate of drug-likeness (QED) is 0.214. The van der Waals surface area contributed by atoms with Crippen LogP contribution in [0.2, 0.25) is 0 Å². The second-order valence-electron chi connectivity index (χ2n) is 10.1. The third kappa shape index (κ3) is 5.27. The Morgan fingerprint density at radius 1 is 1.05 bits per heavy atom. The third-order valence-corrected chi connectivity index (χ3v) is 10.3. The van der Waals surface area contributed by atoms with E-state index in [0.717, 1.165) is 21.8 Å². The fourth-order valence-corrected chi connectivity index (χ4v) is 8.26. The molecule has 0 spiro atoms. The molecule has 11 heteroatoms. The van der Waals surface area contributed by atoms with E-state index in [-0.39, 0.29) is 12.2 Å². The molecule has 0 unspecified atom stereocenters. The number of benzene rings is 3. The van der Waals surface area contributed by atoms with Crippen molar-refractivity contribution in [2.45, 2.75) is 36.6 Å². The maximum atomic E-state index is 14.2. The van der Waals surface area contributed by atoms with Gasteiger partial charge in [0.15, 0.2) is 16.3 Å². The van der Waals surface area contributed by atoms with E-state index in [1.807, 2.05) is 31.2 Å². The van der Waals surface area contributed by atoms with Crippen LogP contribution in [0.25, 0.3) is 6.08 Å². The molecule has 0 fully saturated rings. The highest BCUT2D eigenvalue weighted by Gasteiger charge is 2.35. The first-order valence-electron chi connectivity index (χ1n) is 14.1. The number of methoxy groups -OCH3 is 1. The first-order valence-corrected chi connectivity index (χ1v) is 16.5. The Morgan fingerprint density at radius 3 is 2.57 bits per heavy atom. The van der Waals surface area contributed by atoms with Crippen LogP contribution in [0.15, 0.2) is 89.9 Å². The summed E-state index contributed by atoms with van der Waals surface area (Å²) >= 11 is 6.67. The molecule has 0 aliphatic carbocycles. The Bertz CT molecular complexity index is 2020. The molecule has 8 nitrogen and oxygen atoms in total. The smallest absolute Gasteiger partial charge is 0.338 e. The number of esters is 1. The average Bonchev–Trinajstić information content (AvgIpc) is 3.31. The minimum Gasteiger partial charge on any atom is -0.493 e. The highest BCUT2D eigenvalue weighted by atomic mass is 79.9. The summed E-state index contributed by atoms with van der Waals surface area (Å²) in [5.74, 6) is 0.517. The van der Waals surface area contributed by atoms with Crippen LogP contribution in [0.1, 0.15) is 37.9 Å². The molecule has 226 valence electrons. The third-order valence-electron chi connectivity index (χ3n) is 7.48. The van der Waals surface area contributed by atoms with Gasteiger partial charge in [-0.3, -0.25) is 9.36 Å². The molecule has 44 heavy (non-hydrogen) atoms. The van der Waals surface area contributed by atoms with E-state index in [0.29, 0.717) is 48.7 Å². The topological polar surface area (TPSA) is 82.4 Å². The van der Waals surface area contributed by atoms with Gasteiger partial charge in [-0.1, -0.05) is 57.2 Å². The molecule has 3 aromatic carbocycles. The molecule has 3 heterocycles. The summed E-state index contributed by atoms with van der Waals surface area (Å²) in [6.07, 6.45) is 1.89. The van der Waals surface area contributed by atoms with Gasteiger partial charge in [0.25, 0.3) is 5.56 Å². The number of thiazole rings is 1. The number of para-hydroxylation sites is 1. The summed E-state index contributed by atoms with van der Waals surface area (Å²) in [6, 6.07) is 17.3. The number of allylic oxidation sites excluding steroid dienone is 1. The molecular formula is C33H30BrN3O5S2. The molecule has 0 N–H and O–H groups in total. The average molecular weight is 693 g/mol. The van der Waals surface area contributed by atoms with Crippen LogP contribution in [-0.2, 0) is 9.53 Å². The summed E-state index contributed by atoms with van der Waals surface area (Å²) in [7, 11) is 3.63. The van der Waals surface area contributed by atoms with Crippen molar-refractivity contribution in [2.75, 3.05) is 32.3 Å². The van der Waals surface area contributed by atoms with Crippen LogP contribution in [0, 0.1) is 0 Å². The molecule has 1 atom stereocenters. The van der Waals surface area contributed by atoms with Gasteiger partial charge < -0.3 is 19.1 Å². The van der Waals surface area contributed by atoms with E-state index in [4.69, 9.17) is 19.2 Å². The van der Waals surface area contributed by atoms with Gasteiger partial charge in [-0.25, -0.2) is 9.79 Å². The molecule has 2 aliphatic heterocycles. The summed E-state index contributed by atoms with van der Waals surface area (Å²) in [4.78, 5) is 37.3. The summed E-state index contributed by atoms with van der Waals surface area (Å²) in [5, 5.41) is 0. The second-order valence-corrected chi connectivity index (χ2v) is 13.1. The highest BCUT2D eigenvalue weighted by molar-refractivity contribution is 9.10. The van der Waals surface area contributed by atoms with Crippen molar-refractivity contribution in [1.29, 1.82) is 0 Å². The zero-order valence-corrected chi connectivity index (χ0v) is 28.1. The summed E-state index contributed by atoms with van der Waals surface area (Å²) in [6.45, 7) is 6.01. The van der Waals surface area contributed by atoms with Gasteiger partial charge in [-0.15, -0.1) is 0 Å². The summed E-state index contributed by atoms with van der Waals surface area (Å²) < 4.78 is 19.6. The van der Waals surface area contributed by atoms with E-state index in [1.54, 1.807) is 49.4 Å². The number of halogens is 1. The number of aromatic nitrogens is 1. The van der Waals surface area contributed by atoms with Crippen LogP contribution in [-0.4, -0.2) is 37.9 Å². The van der Waals surface area contributed by atoms with Gasteiger partial charge in [0, 0.05) is 21.3 Å². The Hall–Kier alpha value is -3.80.